The standard InChI is InChI=1S/C23H23N3O6S/c1-3-10-32-19-9-8-15(12-18(19)24)21(27)25-22-20(23(28)31-4-2)17(13-33-22)14-6-5-7-16(11-14)26(29)30/h5-9,11-13H,3-4,10,24H2,1-2H3,(H,25,27). The van der Waals surface area contributed by atoms with Gasteiger partial charge in [0.2, 0.25) is 0 Å². The van der Waals surface area contributed by atoms with Crippen molar-refractivity contribution in [3.8, 4) is 16.9 Å². The maximum absolute atomic E-state index is 12.9. The van der Waals surface area contributed by atoms with Crippen LogP contribution in [0.15, 0.2) is 47.8 Å². The van der Waals surface area contributed by atoms with Crippen LogP contribution in [0, 0.1) is 10.1 Å². The number of nitrogens with two attached hydrogens (primary N) is 1. The van der Waals surface area contributed by atoms with Crippen LogP contribution in [-0.2, 0) is 4.74 Å². The van der Waals surface area contributed by atoms with Crippen LogP contribution in [0.4, 0.5) is 16.4 Å². The van der Waals surface area contributed by atoms with Crippen LogP contribution in [0.25, 0.3) is 11.1 Å². The molecule has 0 radical (unpaired) electrons. The van der Waals surface area contributed by atoms with Gasteiger partial charge in [-0.1, -0.05) is 19.1 Å². The van der Waals surface area contributed by atoms with Gasteiger partial charge >= 0.3 is 5.97 Å². The first-order valence-electron chi connectivity index (χ1n) is 10.2. The Labute approximate surface area is 194 Å². The summed E-state index contributed by atoms with van der Waals surface area (Å²) in [6.07, 6.45) is 0.823. The van der Waals surface area contributed by atoms with Crippen LogP contribution in [0.1, 0.15) is 41.0 Å². The topological polar surface area (TPSA) is 134 Å². The van der Waals surface area contributed by atoms with Crippen LogP contribution >= 0.6 is 11.3 Å². The van der Waals surface area contributed by atoms with Crippen LogP contribution < -0.4 is 15.8 Å². The van der Waals surface area contributed by atoms with Crippen LogP contribution in [0.2, 0.25) is 0 Å². The van der Waals surface area contributed by atoms with Crippen LogP contribution in [0.3, 0.4) is 0 Å². The molecule has 172 valence electrons. The summed E-state index contributed by atoms with van der Waals surface area (Å²) in [6.45, 7) is 4.28. The minimum Gasteiger partial charge on any atom is -0.491 e. The fraction of sp³-hybridized carbons (Fsp3) is 0.217. The molecule has 3 aromatic rings. The second kappa shape index (κ2) is 10.6. The molecule has 1 aromatic heterocycles. The first-order chi connectivity index (χ1) is 15.8. The number of non-ortho nitro benzene ring substituents is 1. The maximum Gasteiger partial charge on any atom is 0.341 e. The number of nitrogens with one attached hydrogen (secondary N) is 1. The van der Waals surface area contributed by atoms with Gasteiger partial charge in [-0.25, -0.2) is 4.79 Å². The Kier molecular flexibility index (Phi) is 7.62. The first kappa shape index (κ1) is 23.7. The van der Waals surface area contributed by atoms with E-state index in [0.717, 1.165) is 17.8 Å². The number of nitrogen functional groups attached to an aromatic ring is 1. The molecule has 0 bridgehead atoms. The van der Waals surface area contributed by atoms with Gasteiger partial charge in [0.05, 0.1) is 23.8 Å². The van der Waals surface area contributed by atoms with Gasteiger partial charge in [-0.15, -0.1) is 11.3 Å². The highest BCUT2D eigenvalue weighted by Gasteiger charge is 2.24. The molecule has 2 aromatic carbocycles. The molecular weight excluding hydrogens is 446 g/mol. The molecule has 0 spiro atoms. The Balaban J connectivity index is 1.94. The predicted molar refractivity (Wildman–Crippen MR) is 127 cm³/mol. The number of carbonyl (C=O) groups is 2. The summed E-state index contributed by atoms with van der Waals surface area (Å²) in [5, 5.41) is 15.8. The molecule has 0 unspecified atom stereocenters. The van der Waals surface area contributed by atoms with E-state index in [1.54, 1.807) is 30.5 Å². The Bertz CT molecular complexity index is 1190. The number of ether oxygens (including phenoxy) is 2. The molecule has 0 aliphatic heterocycles. The first-order valence-corrected chi connectivity index (χ1v) is 11.1. The van der Waals surface area contributed by atoms with E-state index in [1.165, 1.54) is 24.3 Å². The minimum atomic E-state index is -0.640. The van der Waals surface area contributed by atoms with Crippen molar-refractivity contribution in [2.45, 2.75) is 20.3 Å². The zero-order valence-electron chi connectivity index (χ0n) is 18.1. The van der Waals surface area contributed by atoms with Gasteiger partial charge in [0.15, 0.2) is 0 Å². The molecule has 3 N–H and O–H groups in total. The Morgan fingerprint density at radius 1 is 1.18 bits per heavy atom. The highest BCUT2D eigenvalue weighted by atomic mass is 32.1. The SMILES string of the molecule is CCCOc1ccc(C(=O)Nc2scc(-c3cccc([N+](=O)[O-])c3)c2C(=O)OCC)cc1N. The summed E-state index contributed by atoms with van der Waals surface area (Å²) in [5.74, 6) is -0.621. The summed E-state index contributed by atoms with van der Waals surface area (Å²) in [5.41, 5.74) is 7.53. The van der Waals surface area contributed by atoms with Gasteiger partial charge in [-0.2, -0.15) is 0 Å². The number of benzene rings is 2. The molecule has 0 fully saturated rings. The van der Waals surface area contributed by atoms with Gasteiger partial charge in [0.25, 0.3) is 11.6 Å². The zero-order valence-corrected chi connectivity index (χ0v) is 18.9. The Morgan fingerprint density at radius 3 is 2.64 bits per heavy atom. The normalized spacial score (nSPS) is 10.5. The van der Waals surface area contributed by atoms with Crippen molar-refractivity contribution in [1.29, 1.82) is 0 Å². The zero-order chi connectivity index (χ0) is 24.0. The molecule has 9 nitrogen and oxygen atoms in total. The molecule has 0 aliphatic rings. The summed E-state index contributed by atoms with van der Waals surface area (Å²) >= 11 is 1.12. The minimum absolute atomic E-state index is 0.111. The van der Waals surface area contributed by atoms with Crippen molar-refractivity contribution in [2.24, 2.45) is 0 Å². The Hall–Kier alpha value is -3.92. The van der Waals surface area contributed by atoms with Gasteiger partial charge in [-0.3, -0.25) is 14.9 Å². The largest absolute Gasteiger partial charge is 0.491 e. The number of hydrogen-bond acceptors (Lipinski definition) is 8. The fourth-order valence-corrected chi connectivity index (χ4v) is 4.02. The third-order valence-corrected chi connectivity index (χ3v) is 5.49. The molecule has 0 saturated carbocycles. The molecule has 33 heavy (non-hydrogen) atoms. The van der Waals surface area contributed by atoms with Crippen molar-refractivity contribution in [2.75, 3.05) is 24.3 Å². The monoisotopic (exact) mass is 469 g/mol. The van der Waals surface area contributed by atoms with Crippen molar-refractivity contribution < 1.29 is 24.0 Å². The highest BCUT2D eigenvalue weighted by Crippen LogP contribution is 2.37. The number of nitrogens with zero attached hydrogens (tertiary/aromatic N) is 1. The van der Waals surface area contributed by atoms with E-state index in [9.17, 15) is 19.7 Å². The average Bonchev–Trinajstić information content (AvgIpc) is 3.22. The number of rotatable bonds is 9. The van der Waals surface area contributed by atoms with Crippen LogP contribution in [0.5, 0.6) is 5.75 Å². The third kappa shape index (κ3) is 5.47. The number of esters is 1. The molecule has 10 heteroatoms. The van der Waals surface area contributed by atoms with E-state index < -0.39 is 16.8 Å². The number of thiophene rings is 1. The lowest BCUT2D eigenvalue weighted by atomic mass is 10.0. The molecule has 0 saturated heterocycles. The fourth-order valence-electron chi connectivity index (χ4n) is 3.06. The Morgan fingerprint density at radius 2 is 1.97 bits per heavy atom. The van der Waals surface area contributed by atoms with E-state index in [2.05, 4.69) is 5.32 Å². The third-order valence-electron chi connectivity index (χ3n) is 4.60. The number of nitro benzene ring substituents is 1. The molecule has 0 atom stereocenters. The summed E-state index contributed by atoms with van der Waals surface area (Å²) < 4.78 is 10.7. The van der Waals surface area contributed by atoms with Gasteiger partial charge < -0.3 is 20.5 Å². The molecule has 1 amide bonds. The maximum atomic E-state index is 12.9. The number of amides is 1. The van der Waals surface area contributed by atoms with Crippen molar-refractivity contribution in [3.63, 3.8) is 0 Å². The highest BCUT2D eigenvalue weighted by molar-refractivity contribution is 7.15. The number of anilines is 2. The second-order valence-corrected chi connectivity index (χ2v) is 7.82. The van der Waals surface area contributed by atoms with Crippen molar-refractivity contribution in [3.05, 3.63) is 69.1 Å². The number of carbonyl (C=O) groups excluding carboxylic acids is 2. The molecule has 1 heterocycles. The predicted octanol–water partition coefficient (Wildman–Crippen LogP) is 5.12. The van der Waals surface area contributed by atoms with Gasteiger partial charge in [0, 0.05) is 28.6 Å². The lowest BCUT2D eigenvalue weighted by Gasteiger charge is -2.11. The van der Waals surface area contributed by atoms with E-state index in [1.807, 2.05) is 6.92 Å². The second-order valence-electron chi connectivity index (χ2n) is 6.94. The van der Waals surface area contributed by atoms with E-state index in [4.69, 9.17) is 15.2 Å². The number of hydrogen-bond donors (Lipinski definition) is 2. The van der Waals surface area contributed by atoms with Gasteiger partial charge in [-0.05, 0) is 37.1 Å². The average molecular weight is 470 g/mol. The molecule has 0 aliphatic carbocycles. The van der Waals surface area contributed by atoms with Crippen LogP contribution in [-0.4, -0.2) is 30.0 Å². The van der Waals surface area contributed by atoms with E-state index in [0.29, 0.717) is 29.2 Å². The number of nitro groups is 1. The lowest BCUT2D eigenvalue weighted by Crippen LogP contribution is -2.15. The van der Waals surface area contributed by atoms with E-state index >= 15 is 0 Å². The summed E-state index contributed by atoms with van der Waals surface area (Å²) in [6, 6.07) is 10.6. The lowest BCUT2D eigenvalue weighted by molar-refractivity contribution is -0.384. The molecular formula is C23H23N3O6S. The quantitative estimate of drug-likeness (QED) is 0.192. The van der Waals surface area contributed by atoms with Crippen molar-refractivity contribution >= 4 is 39.6 Å². The van der Waals surface area contributed by atoms with E-state index in [-0.39, 0.29) is 28.4 Å². The molecule has 3 rings (SSSR count). The van der Waals surface area contributed by atoms with Gasteiger partial charge in [0.1, 0.15) is 16.3 Å². The summed E-state index contributed by atoms with van der Waals surface area (Å²) in [4.78, 5) is 36.2. The summed E-state index contributed by atoms with van der Waals surface area (Å²) in [7, 11) is 0. The smallest absolute Gasteiger partial charge is 0.341 e. The van der Waals surface area contributed by atoms with Crippen molar-refractivity contribution in [1.82, 2.24) is 0 Å².